The largest absolute Gasteiger partial charge is 0.496 e. The summed E-state index contributed by atoms with van der Waals surface area (Å²) < 4.78 is 5.31. The number of ether oxygens (including phenoxy) is 1. The Kier molecular flexibility index (Phi) is 4.49. The number of methoxy groups -OCH3 is 1. The van der Waals surface area contributed by atoms with Crippen LogP contribution < -0.4 is 10.1 Å². The smallest absolute Gasteiger partial charge is 0.125 e. The van der Waals surface area contributed by atoms with E-state index in [2.05, 4.69) is 11.4 Å². The maximum Gasteiger partial charge on any atom is 0.125 e. The number of rotatable bonds is 4. The van der Waals surface area contributed by atoms with Crippen LogP contribution in [0.5, 0.6) is 5.75 Å². The van der Waals surface area contributed by atoms with E-state index >= 15 is 0 Å². The van der Waals surface area contributed by atoms with Crippen LogP contribution in [0.3, 0.4) is 0 Å². The van der Waals surface area contributed by atoms with Crippen molar-refractivity contribution in [3.63, 3.8) is 0 Å². The number of benzene rings is 2. The molecule has 20 heavy (non-hydrogen) atoms. The summed E-state index contributed by atoms with van der Waals surface area (Å²) in [6, 6.07) is 13.4. The molecular weight excluding hydrogens is 272 g/mol. The summed E-state index contributed by atoms with van der Waals surface area (Å²) in [5.41, 5.74) is 3.50. The molecule has 0 saturated carbocycles. The SMILES string of the molecule is COc1cccc(Cl)c1CNc1ccc(C#N)c(C)c1. The molecule has 1 N–H and O–H groups in total. The van der Waals surface area contributed by atoms with Crippen molar-refractivity contribution < 1.29 is 4.74 Å². The lowest BCUT2D eigenvalue weighted by Gasteiger charge is -2.12. The number of nitrogens with zero attached hydrogens (tertiary/aromatic N) is 1. The Balaban J connectivity index is 2.17. The Morgan fingerprint density at radius 2 is 2.10 bits per heavy atom. The van der Waals surface area contributed by atoms with Crippen molar-refractivity contribution in [2.24, 2.45) is 0 Å². The normalized spacial score (nSPS) is 9.90. The van der Waals surface area contributed by atoms with Gasteiger partial charge >= 0.3 is 0 Å². The maximum absolute atomic E-state index is 8.92. The minimum absolute atomic E-state index is 0.564. The summed E-state index contributed by atoms with van der Waals surface area (Å²) in [4.78, 5) is 0. The summed E-state index contributed by atoms with van der Waals surface area (Å²) in [6.07, 6.45) is 0. The Morgan fingerprint density at radius 3 is 2.75 bits per heavy atom. The molecule has 0 spiro atoms. The van der Waals surface area contributed by atoms with Crippen LogP contribution in [0.1, 0.15) is 16.7 Å². The molecule has 0 fully saturated rings. The summed E-state index contributed by atoms with van der Waals surface area (Å²) in [5.74, 6) is 0.760. The molecule has 0 aliphatic rings. The van der Waals surface area contributed by atoms with Gasteiger partial charge in [0.1, 0.15) is 5.75 Å². The molecule has 0 heterocycles. The summed E-state index contributed by atoms with van der Waals surface area (Å²) in [5, 5.41) is 12.9. The van der Waals surface area contributed by atoms with Gasteiger partial charge in [0.2, 0.25) is 0 Å². The Bertz CT molecular complexity index is 662. The van der Waals surface area contributed by atoms with Crippen LogP contribution in [0.25, 0.3) is 0 Å². The van der Waals surface area contributed by atoms with E-state index in [9.17, 15) is 0 Å². The molecule has 2 rings (SSSR count). The van der Waals surface area contributed by atoms with Gasteiger partial charge in [-0.3, -0.25) is 0 Å². The molecule has 0 aliphatic heterocycles. The van der Waals surface area contributed by atoms with Gasteiger partial charge in [-0.2, -0.15) is 5.26 Å². The van der Waals surface area contributed by atoms with Gasteiger partial charge in [-0.15, -0.1) is 0 Å². The van der Waals surface area contributed by atoms with Crippen LogP contribution in [0, 0.1) is 18.3 Å². The van der Waals surface area contributed by atoms with Gasteiger partial charge in [-0.1, -0.05) is 17.7 Å². The fraction of sp³-hybridized carbons (Fsp3) is 0.188. The van der Waals surface area contributed by atoms with Gasteiger partial charge in [0.05, 0.1) is 18.7 Å². The fourth-order valence-corrected chi connectivity index (χ4v) is 2.22. The van der Waals surface area contributed by atoms with Crippen LogP contribution in [0.15, 0.2) is 36.4 Å². The quantitative estimate of drug-likeness (QED) is 0.919. The van der Waals surface area contributed by atoms with Gasteiger partial charge in [-0.05, 0) is 42.8 Å². The van der Waals surface area contributed by atoms with Gasteiger partial charge in [0, 0.05) is 22.8 Å². The van der Waals surface area contributed by atoms with Gasteiger partial charge < -0.3 is 10.1 Å². The molecule has 0 atom stereocenters. The minimum Gasteiger partial charge on any atom is -0.496 e. The number of aryl methyl sites for hydroxylation is 1. The number of nitriles is 1. The number of hydrogen-bond acceptors (Lipinski definition) is 3. The third kappa shape index (κ3) is 3.04. The van der Waals surface area contributed by atoms with Crippen LogP contribution >= 0.6 is 11.6 Å². The second-order valence-electron chi connectivity index (χ2n) is 4.42. The summed E-state index contributed by atoms with van der Waals surface area (Å²) >= 11 is 6.19. The topological polar surface area (TPSA) is 45.0 Å². The van der Waals surface area contributed by atoms with Crippen molar-refractivity contribution in [1.82, 2.24) is 0 Å². The molecule has 0 unspecified atom stereocenters. The van der Waals surface area contributed by atoms with Crippen molar-refractivity contribution in [2.45, 2.75) is 13.5 Å². The predicted molar refractivity (Wildman–Crippen MR) is 81.2 cm³/mol. The number of anilines is 1. The van der Waals surface area contributed by atoms with E-state index in [1.165, 1.54) is 0 Å². The Morgan fingerprint density at radius 1 is 1.30 bits per heavy atom. The standard InChI is InChI=1S/C16H15ClN2O/c1-11-8-13(7-6-12(11)9-18)19-10-14-15(17)4-3-5-16(14)20-2/h3-8,19H,10H2,1-2H3. The first-order chi connectivity index (χ1) is 9.65. The van der Waals surface area contributed by atoms with Crippen LogP contribution in [0.4, 0.5) is 5.69 Å². The first kappa shape index (κ1) is 14.2. The predicted octanol–water partition coefficient (Wildman–Crippen LogP) is 4.14. The van der Waals surface area contributed by atoms with E-state index in [0.29, 0.717) is 17.1 Å². The average Bonchev–Trinajstić information content (AvgIpc) is 2.46. The highest BCUT2D eigenvalue weighted by Crippen LogP contribution is 2.27. The van der Waals surface area contributed by atoms with Crippen LogP contribution in [-0.2, 0) is 6.54 Å². The lowest BCUT2D eigenvalue weighted by Crippen LogP contribution is -2.03. The fourth-order valence-electron chi connectivity index (χ4n) is 1.99. The van der Waals surface area contributed by atoms with Crippen LogP contribution in [-0.4, -0.2) is 7.11 Å². The zero-order valence-electron chi connectivity index (χ0n) is 11.4. The third-order valence-electron chi connectivity index (χ3n) is 3.11. The average molecular weight is 287 g/mol. The van der Waals surface area contributed by atoms with Gasteiger partial charge in [0.25, 0.3) is 0 Å². The summed E-state index contributed by atoms with van der Waals surface area (Å²) in [7, 11) is 1.63. The monoisotopic (exact) mass is 286 g/mol. The molecule has 2 aromatic carbocycles. The molecule has 3 nitrogen and oxygen atoms in total. The molecule has 102 valence electrons. The van der Waals surface area contributed by atoms with Gasteiger partial charge in [0.15, 0.2) is 0 Å². The second-order valence-corrected chi connectivity index (χ2v) is 4.82. The molecular formula is C16H15ClN2O. The van der Waals surface area contributed by atoms with E-state index in [1.54, 1.807) is 7.11 Å². The molecule has 0 amide bonds. The highest BCUT2D eigenvalue weighted by atomic mass is 35.5. The Hall–Kier alpha value is -2.18. The third-order valence-corrected chi connectivity index (χ3v) is 3.47. The van der Waals surface area contributed by atoms with Crippen molar-refractivity contribution in [2.75, 3.05) is 12.4 Å². The lowest BCUT2D eigenvalue weighted by atomic mass is 10.1. The molecule has 4 heteroatoms. The van der Waals surface area contributed by atoms with E-state index in [0.717, 1.165) is 22.6 Å². The Labute approximate surface area is 123 Å². The van der Waals surface area contributed by atoms with E-state index in [4.69, 9.17) is 21.6 Å². The van der Waals surface area contributed by atoms with E-state index in [-0.39, 0.29) is 0 Å². The van der Waals surface area contributed by atoms with Crippen molar-refractivity contribution >= 4 is 17.3 Å². The molecule has 0 aliphatic carbocycles. The lowest BCUT2D eigenvalue weighted by molar-refractivity contribution is 0.410. The van der Waals surface area contributed by atoms with E-state index < -0.39 is 0 Å². The first-order valence-electron chi connectivity index (χ1n) is 6.21. The highest BCUT2D eigenvalue weighted by molar-refractivity contribution is 6.31. The summed E-state index contributed by atoms with van der Waals surface area (Å²) in [6.45, 7) is 2.48. The molecule has 0 aromatic heterocycles. The minimum atomic E-state index is 0.564. The molecule has 2 aromatic rings. The first-order valence-corrected chi connectivity index (χ1v) is 6.59. The number of nitrogens with one attached hydrogen (secondary N) is 1. The molecule has 0 radical (unpaired) electrons. The number of hydrogen-bond donors (Lipinski definition) is 1. The van der Waals surface area contributed by atoms with Crippen molar-refractivity contribution in [3.8, 4) is 11.8 Å². The van der Waals surface area contributed by atoms with Gasteiger partial charge in [-0.25, -0.2) is 0 Å². The van der Waals surface area contributed by atoms with Crippen molar-refractivity contribution in [3.05, 3.63) is 58.1 Å². The zero-order valence-corrected chi connectivity index (χ0v) is 12.2. The maximum atomic E-state index is 8.92. The highest BCUT2D eigenvalue weighted by Gasteiger charge is 2.07. The van der Waals surface area contributed by atoms with E-state index in [1.807, 2.05) is 43.3 Å². The zero-order chi connectivity index (χ0) is 14.5. The molecule has 0 bridgehead atoms. The van der Waals surface area contributed by atoms with Crippen molar-refractivity contribution in [1.29, 1.82) is 5.26 Å². The number of halogens is 1. The molecule has 0 saturated heterocycles. The van der Waals surface area contributed by atoms with Crippen LogP contribution in [0.2, 0.25) is 5.02 Å². The second kappa shape index (κ2) is 6.31.